The molecule has 1 atom stereocenters. The van der Waals surface area contributed by atoms with Crippen molar-refractivity contribution in [3.05, 3.63) is 29.3 Å². The highest BCUT2D eigenvalue weighted by molar-refractivity contribution is 7.93. The fourth-order valence-electron chi connectivity index (χ4n) is 2.18. The molecule has 1 aromatic carbocycles. The molecule has 0 radical (unpaired) electrons. The van der Waals surface area contributed by atoms with Crippen LogP contribution in [0.25, 0.3) is 0 Å². The third-order valence-corrected chi connectivity index (χ3v) is 5.05. The fraction of sp³-hybridized carbons (Fsp3) is 0.417. The van der Waals surface area contributed by atoms with Crippen LogP contribution in [0, 0.1) is 17.2 Å². The molecule has 1 aliphatic heterocycles. The van der Waals surface area contributed by atoms with E-state index in [1.54, 1.807) is 6.92 Å². The molecule has 20 heavy (non-hydrogen) atoms. The van der Waals surface area contributed by atoms with Crippen LogP contribution in [0.3, 0.4) is 0 Å². The normalized spacial score (nSPS) is 21.8. The first kappa shape index (κ1) is 14.7. The monoisotopic (exact) mass is 304 g/mol. The third kappa shape index (κ3) is 2.58. The molecule has 0 spiro atoms. The minimum Gasteiger partial charge on any atom is -0.270 e. The van der Waals surface area contributed by atoms with Crippen molar-refractivity contribution < 1.29 is 21.6 Å². The third-order valence-electron chi connectivity index (χ3n) is 3.03. The van der Waals surface area contributed by atoms with Gasteiger partial charge in [0.25, 0.3) is 0 Å². The summed E-state index contributed by atoms with van der Waals surface area (Å²) >= 11 is 0. The van der Waals surface area contributed by atoms with Crippen LogP contribution in [0.4, 0.5) is 18.9 Å². The van der Waals surface area contributed by atoms with E-state index >= 15 is 0 Å². The topological polar surface area (TPSA) is 61.2 Å². The van der Waals surface area contributed by atoms with E-state index in [1.807, 2.05) is 0 Å². The van der Waals surface area contributed by atoms with Gasteiger partial charge in [0.2, 0.25) is 10.0 Å². The van der Waals surface area contributed by atoms with Gasteiger partial charge in [0.15, 0.2) is 0 Å². The van der Waals surface area contributed by atoms with Crippen molar-refractivity contribution in [2.45, 2.75) is 13.1 Å². The molecule has 2 rings (SSSR count). The van der Waals surface area contributed by atoms with Crippen LogP contribution < -0.4 is 4.31 Å². The molecule has 1 heterocycles. The lowest BCUT2D eigenvalue weighted by Crippen LogP contribution is -2.25. The van der Waals surface area contributed by atoms with Crippen molar-refractivity contribution in [2.75, 3.05) is 16.6 Å². The smallest absolute Gasteiger partial charge is 0.270 e. The molecule has 1 aliphatic rings. The maximum absolute atomic E-state index is 12.9. The summed E-state index contributed by atoms with van der Waals surface area (Å²) in [5.41, 5.74) is -1.70. The fourth-order valence-corrected chi connectivity index (χ4v) is 4.11. The second-order valence-corrected chi connectivity index (χ2v) is 6.69. The average Bonchev–Trinajstić information content (AvgIpc) is 2.60. The first-order valence-corrected chi connectivity index (χ1v) is 7.38. The van der Waals surface area contributed by atoms with Crippen molar-refractivity contribution in [2.24, 2.45) is 5.92 Å². The number of hydrogen-bond donors (Lipinski definition) is 0. The van der Waals surface area contributed by atoms with Crippen LogP contribution in [-0.2, 0) is 16.2 Å². The number of halogens is 3. The summed E-state index contributed by atoms with van der Waals surface area (Å²) in [5.74, 6) is -0.237. The van der Waals surface area contributed by atoms with Gasteiger partial charge in [-0.1, -0.05) is 6.92 Å². The molecule has 4 nitrogen and oxygen atoms in total. The lowest BCUT2D eigenvalue weighted by molar-refractivity contribution is -0.137. The largest absolute Gasteiger partial charge is 0.417 e. The number of anilines is 1. The Morgan fingerprint density at radius 2 is 2.05 bits per heavy atom. The van der Waals surface area contributed by atoms with E-state index in [1.165, 1.54) is 12.1 Å². The maximum Gasteiger partial charge on any atom is 0.417 e. The van der Waals surface area contributed by atoms with Crippen LogP contribution in [0.5, 0.6) is 0 Å². The molecule has 108 valence electrons. The van der Waals surface area contributed by atoms with Gasteiger partial charge >= 0.3 is 6.18 Å². The Morgan fingerprint density at radius 3 is 2.50 bits per heavy atom. The molecule has 1 saturated heterocycles. The molecule has 0 saturated carbocycles. The summed E-state index contributed by atoms with van der Waals surface area (Å²) in [6.07, 6.45) is -4.70. The van der Waals surface area contributed by atoms with Gasteiger partial charge in [-0.05, 0) is 24.1 Å². The molecule has 1 unspecified atom stereocenters. The van der Waals surface area contributed by atoms with Crippen molar-refractivity contribution in [1.29, 1.82) is 5.26 Å². The number of nitrogens with zero attached hydrogens (tertiary/aromatic N) is 2. The summed E-state index contributed by atoms with van der Waals surface area (Å²) in [6.45, 7) is 1.86. The average molecular weight is 304 g/mol. The second-order valence-electron chi connectivity index (χ2n) is 4.75. The predicted molar refractivity (Wildman–Crippen MR) is 66.5 cm³/mol. The Labute approximate surface area is 114 Å². The van der Waals surface area contributed by atoms with Gasteiger partial charge in [-0.3, -0.25) is 4.31 Å². The van der Waals surface area contributed by atoms with Gasteiger partial charge < -0.3 is 0 Å². The zero-order chi connectivity index (χ0) is 15.1. The van der Waals surface area contributed by atoms with Gasteiger partial charge in [0.05, 0.1) is 28.6 Å². The highest BCUT2D eigenvalue weighted by atomic mass is 32.2. The standard InChI is InChI=1S/C12H11F3N2O2S/c1-8-6-17(20(18,19)7-8)10-3-2-9(5-16)11(4-10)12(13,14)15/h2-4,8H,6-7H2,1H3. The molecule has 0 amide bonds. The van der Waals surface area contributed by atoms with E-state index in [-0.39, 0.29) is 23.9 Å². The van der Waals surface area contributed by atoms with Gasteiger partial charge in [-0.2, -0.15) is 18.4 Å². The van der Waals surface area contributed by atoms with Crippen LogP contribution in [0.2, 0.25) is 0 Å². The van der Waals surface area contributed by atoms with Crippen molar-refractivity contribution in [3.63, 3.8) is 0 Å². The van der Waals surface area contributed by atoms with Crippen LogP contribution >= 0.6 is 0 Å². The summed E-state index contributed by atoms with van der Waals surface area (Å²) in [5, 5.41) is 8.70. The molecule has 0 aliphatic carbocycles. The summed E-state index contributed by atoms with van der Waals surface area (Å²) < 4.78 is 63.3. The van der Waals surface area contributed by atoms with Crippen LogP contribution in [-0.4, -0.2) is 20.7 Å². The first-order valence-electron chi connectivity index (χ1n) is 5.77. The zero-order valence-corrected chi connectivity index (χ0v) is 11.3. The molecule has 1 aromatic rings. The second kappa shape index (κ2) is 4.66. The van der Waals surface area contributed by atoms with Crippen molar-refractivity contribution in [1.82, 2.24) is 0 Å². The Hall–Kier alpha value is -1.75. The van der Waals surface area contributed by atoms with Gasteiger partial charge in [0, 0.05) is 6.54 Å². The zero-order valence-electron chi connectivity index (χ0n) is 10.5. The first-order chi connectivity index (χ1) is 9.15. The molecular weight excluding hydrogens is 293 g/mol. The molecule has 0 aromatic heterocycles. The van der Waals surface area contributed by atoms with Gasteiger partial charge in [-0.25, -0.2) is 8.42 Å². The van der Waals surface area contributed by atoms with Crippen LogP contribution in [0.15, 0.2) is 18.2 Å². The maximum atomic E-state index is 12.9. The predicted octanol–water partition coefficient (Wildman–Crippen LogP) is 2.36. The summed E-state index contributed by atoms with van der Waals surface area (Å²) in [7, 11) is -3.59. The minimum atomic E-state index is -4.70. The number of alkyl halides is 3. The highest BCUT2D eigenvalue weighted by Crippen LogP contribution is 2.36. The summed E-state index contributed by atoms with van der Waals surface area (Å²) in [6, 6.07) is 4.40. The minimum absolute atomic E-state index is 0.0549. The summed E-state index contributed by atoms with van der Waals surface area (Å²) in [4.78, 5) is 0. The Bertz CT molecular complexity index is 677. The molecule has 0 N–H and O–H groups in total. The number of sulfonamides is 1. The number of nitriles is 1. The van der Waals surface area contributed by atoms with Crippen LogP contribution in [0.1, 0.15) is 18.1 Å². The number of benzene rings is 1. The lowest BCUT2D eigenvalue weighted by Gasteiger charge is -2.19. The Morgan fingerprint density at radius 1 is 1.40 bits per heavy atom. The van der Waals surface area contributed by atoms with Crippen molar-refractivity contribution >= 4 is 15.7 Å². The molecular formula is C12H11F3N2O2S. The van der Waals surface area contributed by atoms with E-state index in [4.69, 9.17) is 5.26 Å². The van der Waals surface area contributed by atoms with E-state index in [9.17, 15) is 21.6 Å². The SMILES string of the molecule is CC1CN(c2ccc(C#N)c(C(F)(F)F)c2)S(=O)(=O)C1. The number of hydrogen-bond acceptors (Lipinski definition) is 3. The van der Waals surface area contributed by atoms with E-state index in [0.29, 0.717) is 6.07 Å². The number of rotatable bonds is 1. The quantitative estimate of drug-likeness (QED) is 0.800. The highest BCUT2D eigenvalue weighted by Gasteiger charge is 2.37. The van der Waals surface area contributed by atoms with E-state index < -0.39 is 27.3 Å². The van der Waals surface area contributed by atoms with Crippen molar-refractivity contribution in [3.8, 4) is 6.07 Å². The molecule has 1 fully saturated rings. The molecule has 0 bridgehead atoms. The lowest BCUT2D eigenvalue weighted by atomic mass is 10.1. The van der Waals surface area contributed by atoms with Gasteiger partial charge in [0.1, 0.15) is 0 Å². The Kier molecular flexibility index (Phi) is 3.42. The molecule has 8 heteroatoms. The van der Waals surface area contributed by atoms with E-state index in [0.717, 1.165) is 10.4 Å². The Balaban J connectivity index is 2.53. The van der Waals surface area contributed by atoms with Gasteiger partial charge in [-0.15, -0.1) is 0 Å². The van der Waals surface area contributed by atoms with E-state index in [2.05, 4.69) is 0 Å².